The third-order valence-electron chi connectivity index (χ3n) is 9.06. The van der Waals surface area contributed by atoms with Crippen LogP contribution in [0.3, 0.4) is 0 Å². The minimum absolute atomic E-state index is 0.544. The normalized spacial score (nSPS) is 11.6. The summed E-state index contributed by atoms with van der Waals surface area (Å²) in [6.07, 6.45) is -0.330. The van der Waals surface area contributed by atoms with Crippen LogP contribution in [0.4, 0.5) is 87.8 Å². The summed E-state index contributed by atoms with van der Waals surface area (Å²) in [5.41, 5.74) is -13.0. The molecule has 61 heavy (non-hydrogen) atoms. The molecule has 1 heterocycles. The van der Waals surface area contributed by atoms with Gasteiger partial charge in [0.05, 0.1) is 12.4 Å². The molecule has 0 bridgehead atoms. The van der Waals surface area contributed by atoms with E-state index in [-0.39, 0.29) is 0 Å². The first-order valence-corrected chi connectivity index (χ1v) is 16.3. The molecular formula is C37H15BF20N2O. The van der Waals surface area contributed by atoms with E-state index in [0.29, 0.717) is 5.92 Å². The number of benzene rings is 5. The third-order valence-corrected chi connectivity index (χ3v) is 9.06. The molecule has 0 unspecified atom stereocenters. The molecule has 0 aliphatic heterocycles. The van der Waals surface area contributed by atoms with Crippen LogP contribution in [0.15, 0.2) is 49.1 Å². The molecule has 0 aliphatic rings. The van der Waals surface area contributed by atoms with Crippen LogP contribution in [0.2, 0.25) is 0 Å². The highest BCUT2D eigenvalue weighted by Gasteiger charge is 2.52. The molecule has 6 rings (SSSR count). The summed E-state index contributed by atoms with van der Waals surface area (Å²) < 4.78 is 296. The maximum atomic E-state index is 15.4. The number of halogens is 20. The number of hydrogen-bond acceptors (Lipinski definition) is 2. The minimum atomic E-state index is -7.22. The van der Waals surface area contributed by atoms with Gasteiger partial charge in [-0.2, -0.15) is 0 Å². The van der Waals surface area contributed by atoms with Crippen LogP contribution in [0, 0.1) is 116 Å². The molecule has 0 fully saturated rings. The predicted octanol–water partition coefficient (Wildman–Crippen LogP) is 8.18. The van der Waals surface area contributed by atoms with E-state index in [1.54, 1.807) is 29.5 Å². The maximum absolute atomic E-state index is 15.4. The molecule has 0 atom stereocenters. The first-order chi connectivity index (χ1) is 28.5. The highest BCUT2D eigenvalue weighted by Crippen LogP contribution is 2.31. The molecule has 0 saturated carbocycles. The Morgan fingerprint density at radius 1 is 0.377 bits per heavy atom. The summed E-state index contributed by atoms with van der Waals surface area (Å²) in [6.45, 7) is 4.35. The van der Waals surface area contributed by atoms with Crippen molar-refractivity contribution in [2.75, 3.05) is 0 Å². The molecular weight excluding hydrogens is 879 g/mol. The van der Waals surface area contributed by atoms with Crippen molar-refractivity contribution in [3.05, 3.63) is 171 Å². The monoisotopic (exact) mass is 894 g/mol. The lowest BCUT2D eigenvalue weighted by atomic mass is 9.12. The zero-order valence-corrected chi connectivity index (χ0v) is 29.6. The van der Waals surface area contributed by atoms with E-state index in [0.717, 1.165) is 5.75 Å². The SMILES string of the molecule is CC(C)c1ccc(O[n+]2ccncc2)cc1.Fc1c(F)c(F)c([B-](c2c(F)c(F)c(F)c(F)c2F)(c2c(F)c(F)c(F)c(F)c2F)c2c(F)c(F)c(F)c(F)c2F)c(F)c1F. The van der Waals surface area contributed by atoms with Crippen LogP contribution in [0.25, 0.3) is 0 Å². The second-order valence-corrected chi connectivity index (χ2v) is 12.7. The van der Waals surface area contributed by atoms with Crippen LogP contribution < -0.4 is 31.4 Å². The molecule has 0 N–H and O–H groups in total. The third kappa shape index (κ3) is 7.34. The van der Waals surface area contributed by atoms with Crippen LogP contribution in [-0.4, -0.2) is 11.1 Å². The van der Waals surface area contributed by atoms with Gasteiger partial charge in [-0.05, 0) is 23.6 Å². The highest BCUT2D eigenvalue weighted by molar-refractivity contribution is 7.20. The van der Waals surface area contributed by atoms with E-state index < -0.39 is 144 Å². The lowest BCUT2D eigenvalue weighted by molar-refractivity contribution is -0.875. The Morgan fingerprint density at radius 2 is 0.607 bits per heavy atom. The van der Waals surface area contributed by atoms with Crippen molar-refractivity contribution in [3.63, 3.8) is 0 Å². The van der Waals surface area contributed by atoms with Gasteiger partial charge in [-0.25, -0.2) is 92.6 Å². The van der Waals surface area contributed by atoms with Gasteiger partial charge in [0, 0.05) is 4.73 Å². The highest BCUT2D eigenvalue weighted by atomic mass is 19.2. The summed E-state index contributed by atoms with van der Waals surface area (Å²) in [6, 6.07) is 8.12. The van der Waals surface area contributed by atoms with E-state index in [2.05, 4.69) is 31.0 Å². The van der Waals surface area contributed by atoms with Crippen molar-refractivity contribution in [1.82, 2.24) is 4.98 Å². The lowest BCUT2D eigenvalue weighted by Crippen LogP contribution is -2.81. The summed E-state index contributed by atoms with van der Waals surface area (Å²) >= 11 is 0. The van der Waals surface area contributed by atoms with Gasteiger partial charge in [0.25, 0.3) is 0 Å². The van der Waals surface area contributed by atoms with E-state index in [4.69, 9.17) is 4.84 Å². The molecule has 1 aromatic heterocycles. The minimum Gasteiger partial charge on any atom is -0.252 e. The number of nitrogens with zero attached hydrogens (tertiary/aromatic N) is 2. The van der Waals surface area contributed by atoms with Gasteiger partial charge in [0.1, 0.15) is 52.7 Å². The zero-order valence-electron chi connectivity index (χ0n) is 29.6. The first-order valence-electron chi connectivity index (χ1n) is 16.3. The van der Waals surface area contributed by atoms with Crippen molar-refractivity contribution in [2.45, 2.75) is 19.8 Å². The van der Waals surface area contributed by atoms with Crippen molar-refractivity contribution in [1.29, 1.82) is 0 Å². The van der Waals surface area contributed by atoms with Crippen molar-refractivity contribution in [3.8, 4) is 5.75 Å². The van der Waals surface area contributed by atoms with E-state index in [1.165, 1.54) is 5.56 Å². The zero-order chi connectivity index (χ0) is 45.7. The van der Waals surface area contributed by atoms with E-state index in [9.17, 15) is 52.7 Å². The smallest absolute Gasteiger partial charge is 0.241 e. The average molecular weight is 894 g/mol. The Kier molecular flexibility index (Phi) is 12.7. The summed E-state index contributed by atoms with van der Waals surface area (Å²) in [7, 11) is 0. The molecule has 0 radical (unpaired) electrons. The Morgan fingerprint density at radius 3 is 0.836 bits per heavy atom. The van der Waals surface area contributed by atoms with Crippen molar-refractivity contribution >= 4 is 28.0 Å². The van der Waals surface area contributed by atoms with Gasteiger partial charge in [-0.1, -0.05) is 26.0 Å². The fraction of sp³-hybridized carbons (Fsp3) is 0.0811. The molecule has 0 amide bonds. The number of rotatable bonds is 7. The summed E-state index contributed by atoms with van der Waals surface area (Å²) in [5.74, 6) is -70.0. The average Bonchev–Trinajstić information content (AvgIpc) is 3.24. The molecule has 6 aromatic rings. The maximum Gasteiger partial charge on any atom is 0.241 e. The molecule has 24 heteroatoms. The largest absolute Gasteiger partial charge is 0.252 e. The van der Waals surface area contributed by atoms with Gasteiger partial charge in [0.2, 0.25) is 18.1 Å². The van der Waals surface area contributed by atoms with E-state index >= 15 is 35.1 Å². The quantitative estimate of drug-likeness (QED) is 0.0532. The standard InChI is InChI=1S/C24BF20.C13H15N2O/c26-5-1(6(27)14(35)21(42)13(5)34)25(2-7(28)15(36)22(43)16(37)8(2)29,3-9(30)17(38)23(44)18(39)10(3)31)4-11(32)19(40)24(45)20(41)12(4)33;1-11(2)12-3-5-13(6-4-12)16-15-9-7-14-8-10-15/h;3-11H,1-2H3/q-1;+1. The molecule has 322 valence electrons. The van der Waals surface area contributed by atoms with Crippen LogP contribution in [0.1, 0.15) is 25.3 Å². The number of aromatic nitrogens is 2. The molecule has 0 saturated heterocycles. The molecule has 0 spiro atoms. The van der Waals surface area contributed by atoms with Crippen molar-refractivity contribution < 1.29 is 97.4 Å². The van der Waals surface area contributed by atoms with Gasteiger partial charge >= 0.3 is 0 Å². The molecule has 3 nitrogen and oxygen atoms in total. The lowest BCUT2D eigenvalue weighted by Gasteiger charge is -2.44. The topological polar surface area (TPSA) is 26.0 Å². The fourth-order valence-electron chi connectivity index (χ4n) is 6.28. The Hall–Kier alpha value is -6.36. The van der Waals surface area contributed by atoms with E-state index in [1.807, 2.05) is 12.1 Å². The summed E-state index contributed by atoms with van der Waals surface area (Å²) in [4.78, 5) is 9.51. The Labute approximate surface area is 327 Å². The second kappa shape index (κ2) is 17.0. The van der Waals surface area contributed by atoms with Crippen LogP contribution in [0.5, 0.6) is 5.75 Å². The Balaban J connectivity index is 0.000000366. The predicted molar refractivity (Wildman–Crippen MR) is 170 cm³/mol. The van der Waals surface area contributed by atoms with Crippen LogP contribution in [-0.2, 0) is 0 Å². The fourth-order valence-corrected chi connectivity index (χ4v) is 6.28. The van der Waals surface area contributed by atoms with Crippen LogP contribution >= 0.6 is 0 Å². The van der Waals surface area contributed by atoms with Gasteiger partial charge in [-0.15, -0.1) is 21.9 Å². The van der Waals surface area contributed by atoms with Gasteiger partial charge in [-0.3, -0.25) is 4.98 Å². The Bertz CT molecular complexity index is 2320. The van der Waals surface area contributed by atoms with Crippen molar-refractivity contribution in [2.24, 2.45) is 0 Å². The van der Waals surface area contributed by atoms with Gasteiger partial charge < -0.3 is 0 Å². The first kappa shape index (κ1) is 45.7. The second-order valence-electron chi connectivity index (χ2n) is 12.7. The number of hydrogen-bond donors (Lipinski definition) is 0. The molecule has 0 aliphatic carbocycles. The summed E-state index contributed by atoms with van der Waals surface area (Å²) in [5, 5.41) is 0. The van der Waals surface area contributed by atoms with Gasteiger partial charge in [0.15, 0.2) is 69.8 Å². The molecule has 5 aromatic carbocycles.